The molecule has 0 saturated carbocycles. The van der Waals surface area contributed by atoms with Crippen molar-refractivity contribution in [1.82, 2.24) is 0 Å². The second kappa shape index (κ2) is 6.62. The number of hydrogen-bond donors (Lipinski definition) is 2. The molecule has 0 aliphatic carbocycles. The average Bonchev–Trinajstić information content (AvgIpc) is 2.63. The van der Waals surface area contributed by atoms with E-state index in [2.05, 4.69) is 0 Å². The normalized spacial score (nSPS) is 12.7. The fourth-order valence-corrected chi connectivity index (χ4v) is 2.52. The largest absolute Gasteiger partial charge is 0.504 e. The van der Waals surface area contributed by atoms with Gasteiger partial charge in [-0.3, -0.25) is 9.59 Å². The summed E-state index contributed by atoms with van der Waals surface area (Å²) in [5.74, 6) is -1.29. The lowest BCUT2D eigenvalue weighted by atomic mass is 10.00. The molecule has 1 aliphatic heterocycles. The molecule has 24 heavy (non-hydrogen) atoms. The third-order valence-electron chi connectivity index (χ3n) is 3.74. The molecule has 0 fully saturated rings. The van der Waals surface area contributed by atoms with Crippen molar-refractivity contribution in [3.8, 4) is 23.0 Å². The SMILES string of the molecule is O=C(CCC(=O)c1cc(O)c2c(c1O)OCCO2)c1ccccc1. The summed E-state index contributed by atoms with van der Waals surface area (Å²) in [6.07, 6.45) is -0.0716. The predicted octanol–water partition coefficient (Wildman–Crippen LogP) is 2.71. The molecule has 3 rings (SSSR count). The van der Waals surface area contributed by atoms with Gasteiger partial charge < -0.3 is 19.7 Å². The highest BCUT2D eigenvalue weighted by Gasteiger charge is 2.26. The van der Waals surface area contributed by atoms with Gasteiger partial charge in [0.25, 0.3) is 0 Å². The van der Waals surface area contributed by atoms with Gasteiger partial charge >= 0.3 is 0 Å². The fraction of sp³-hybridized carbons (Fsp3) is 0.222. The van der Waals surface area contributed by atoms with Crippen molar-refractivity contribution in [3.05, 3.63) is 47.5 Å². The number of phenolic OH excluding ortho intramolecular Hbond substituents is 2. The lowest BCUT2D eigenvalue weighted by molar-refractivity contribution is 0.0914. The fourth-order valence-electron chi connectivity index (χ4n) is 2.52. The Balaban J connectivity index is 1.76. The lowest BCUT2D eigenvalue weighted by Crippen LogP contribution is -2.16. The summed E-state index contributed by atoms with van der Waals surface area (Å²) in [4.78, 5) is 24.4. The van der Waals surface area contributed by atoms with E-state index in [4.69, 9.17) is 9.47 Å². The second-order valence-corrected chi connectivity index (χ2v) is 5.36. The van der Waals surface area contributed by atoms with Crippen molar-refractivity contribution < 1.29 is 29.3 Å². The third kappa shape index (κ3) is 3.03. The number of carbonyl (C=O) groups excluding carboxylic acids is 2. The predicted molar refractivity (Wildman–Crippen MR) is 85.1 cm³/mol. The summed E-state index contributed by atoms with van der Waals surface area (Å²) in [5.41, 5.74) is 0.442. The highest BCUT2D eigenvalue weighted by atomic mass is 16.6. The van der Waals surface area contributed by atoms with E-state index in [1.807, 2.05) is 0 Å². The Hall–Kier alpha value is -3.02. The van der Waals surface area contributed by atoms with Crippen LogP contribution in [0.3, 0.4) is 0 Å². The maximum atomic E-state index is 12.3. The molecule has 0 bridgehead atoms. The molecule has 0 unspecified atom stereocenters. The van der Waals surface area contributed by atoms with Gasteiger partial charge in [0.1, 0.15) is 13.2 Å². The van der Waals surface area contributed by atoms with Crippen LogP contribution in [0.5, 0.6) is 23.0 Å². The van der Waals surface area contributed by atoms with E-state index >= 15 is 0 Å². The first-order chi connectivity index (χ1) is 11.6. The third-order valence-corrected chi connectivity index (χ3v) is 3.74. The molecule has 0 atom stereocenters. The van der Waals surface area contributed by atoms with Crippen LogP contribution in [0.2, 0.25) is 0 Å². The van der Waals surface area contributed by atoms with E-state index < -0.39 is 5.78 Å². The molecule has 6 nitrogen and oxygen atoms in total. The van der Waals surface area contributed by atoms with Crippen LogP contribution in [-0.2, 0) is 0 Å². The number of benzene rings is 2. The molecule has 2 N–H and O–H groups in total. The van der Waals surface area contributed by atoms with Crippen LogP contribution >= 0.6 is 0 Å². The maximum absolute atomic E-state index is 12.3. The van der Waals surface area contributed by atoms with Gasteiger partial charge in [0, 0.05) is 18.4 Å². The van der Waals surface area contributed by atoms with Crippen LogP contribution in [-0.4, -0.2) is 35.0 Å². The highest BCUT2D eigenvalue weighted by Crippen LogP contribution is 2.47. The van der Waals surface area contributed by atoms with Gasteiger partial charge in [0.15, 0.2) is 23.1 Å². The molecule has 124 valence electrons. The van der Waals surface area contributed by atoms with E-state index in [9.17, 15) is 19.8 Å². The number of hydrogen-bond acceptors (Lipinski definition) is 6. The van der Waals surface area contributed by atoms with Crippen molar-refractivity contribution in [2.75, 3.05) is 13.2 Å². The molecule has 2 aromatic rings. The van der Waals surface area contributed by atoms with E-state index in [1.54, 1.807) is 30.3 Å². The van der Waals surface area contributed by atoms with Crippen LogP contribution in [0.1, 0.15) is 33.6 Å². The summed E-state index contributed by atoms with van der Waals surface area (Å²) in [5, 5.41) is 20.1. The minimum absolute atomic E-state index is 0.0114. The van der Waals surface area contributed by atoms with Gasteiger partial charge in [-0.1, -0.05) is 30.3 Å². The Kier molecular flexibility index (Phi) is 4.37. The van der Waals surface area contributed by atoms with Crippen LogP contribution in [0.4, 0.5) is 0 Å². The lowest BCUT2D eigenvalue weighted by Gasteiger charge is -2.21. The zero-order valence-corrected chi connectivity index (χ0v) is 12.8. The Labute approximate surface area is 138 Å². The number of rotatable bonds is 5. The van der Waals surface area contributed by atoms with Gasteiger partial charge in [0.2, 0.25) is 11.5 Å². The molecular weight excluding hydrogens is 312 g/mol. The van der Waals surface area contributed by atoms with Crippen LogP contribution in [0.15, 0.2) is 36.4 Å². The molecular formula is C18H16O6. The van der Waals surface area contributed by atoms with Gasteiger partial charge in [-0.05, 0) is 6.07 Å². The van der Waals surface area contributed by atoms with E-state index in [-0.39, 0.29) is 60.4 Å². The Bertz CT molecular complexity index is 782. The topological polar surface area (TPSA) is 93.1 Å². The molecule has 2 aromatic carbocycles. The summed E-state index contributed by atoms with van der Waals surface area (Å²) >= 11 is 0. The van der Waals surface area contributed by atoms with Gasteiger partial charge in [0.05, 0.1) is 5.56 Å². The number of aromatic hydroxyl groups is 2. The number of fused-ring (bicyclic) bond motifs is 1. The maximum Gasteiger partial charge on any atom is 0.208 e. The monoisotopic (exact) mass is 328 g/mol. The Morgan fingerprint density at radius 1 is 0.917 bits per heavy atom. The first-order valence-corrected chi connectivity index (χ1v) is 7.54. The molecule has 0 aromatic heterocycles. The summed E-state index contributed by atoms with van der Waals surface area (Å²) < 4.78 is 10.5. The second-order valence-electron chi connectivity index (χ2n) is 5.36. The van der Waals surface area contributed by atoms with Crippen LogP contribution in [0.25, 0.3) is 0 Å². The van der Waals surface area contributed by atoms with Gasteiger partial charge in [-0.25, -0.2) is 0 Å². The van der Waals surface area contributed by atoms with Gasteiger partial charge in [-0.15, -0.1) is 0 Å². The highest BCUT2D eigenvalue weighted by molar-refractivity contribution is 6.04. The standard InChI is InChI=1S/C18H16O6/c19-13(11-4-2-1-3-5-11)6-7-14(20)12-10-15(21)17-18(16(12)22)24-9-8-23-17/h1-5,10,21-22H,6-9H2. The quantitative estimate of drug-likeness (QED) is 0.647. The zero-order chi connectivity index (χ0) is 17.1. The van der Waals surface area contributed by atoms with E-state index in [1.165, 1.54) is 0 Å². The van der Waals surface area contributed by atoms with E-state index in [0.29, 0.717) is 5.56 Å². The average molecular weight is 328 g/mol. The Morgan fingerprint density at radius 2 is 1.54 bits per heavy atom. The number of Topliss-reactive ketones (excluding diaryl/α,β-unsaturated/α-hetero) is 2. The van der Waals surface area contributed by atoms with Crippen LogP contribution in [0, 0.1) is 0 Å². The van der Waals surface area contributed by atoms with Crippen molar-refractivity contribution in [2.24, 2.45) is 0 Å². The number of carbonyl (C=O) groups is 2. The van der Waals surface area contributed by atoms with Crippen molar-refractivity contribution >= 4 is 11.6 Å². The first kappa shape index (κ1) is 15.9. The number of phenols is 2. The molecule has 0 saturated heterocycles. The van der Waals surface area contributed by atoms with E-state index in [0.717, 1.165) is 6.07 Å². The molecule has 0 amide bonds. The summed E-state index contributed by atoms with van der Waals surface area (Å²) in [6, 6.07) is 9.80. The smallest absolute Gasteiger partial charge is 0.208 e. The number of ketones is 2. The molecule has 0 spiro atoms. The molecule has 6 heteroatoms. The molecule has 1 heterocycles. The Morgan fingerprint density at radius 3 is 2.25 bits per heavy atom. The minimum Gasteiger partial charge on any atom is -0.504 e. The zero-order valence-electron chi connectivity index (χ0n) is 12.8. The summed E-state index contributed by atoms with van der Waals surface area (Å²) in [6.45, 7) is 0.461. The van der Waals surface area contributed by atoms with Gasteiger partial charge in [-0.2, -0.15) is 0 Å². The van der Waals surface area contributed by atoms with Crippen molar-refractivity contribution in [2.45, 2.75) is 12.8 Å². The first-order valence-electron chi connectivity index (χ1n) is 7.54. The van der Waals surface area contributed by atoms with Crippen molar-refractivity contribution in [1.29, 1.82) is 0 Å². The summed E-state index contributed by atoms with van der Waals surface area (Å²) in [7, 11) is 0. The van der Waals surface area contributed by atoms with Crippen LogP contribution < -0.4 is 9.47 Å². The molecule has 1 aliphatic rings. The molecule has 0 radical (unpaired) electrons. The number of ether oxygens (including phenoxy) is 2. The minimum atomic E-state index is -0.455. The van der Waals surface area contributed by atoms with Crippen molar-refractivity contribution in [3.63, 3.8) is 0 Å².